The first kappa shape index (κ1) is 16.7. The Morgan fingerprint density at radius 1 is 1.35 bits per heavy atom. The number of amides is 1. The van der Waals surface area contributed by atoms with Crippen LogP contribution in [0, 0.1) is 6.92 Å². The molecule has 2 N–H and O–H groups in total. The summed E-state index contributed by atoms with van der Waals surface area (Å²) in [4.78, 5) is 23.7. The van der Waals surface area contributed by atoms with E-state index < -0.39 is 18.6 Å². The van der Waals surface area contributed by atoms with Crippen LogP contribution in [-0.2, 0) is 4.79 Å². The molecular formula is C13H15F3N6O. The van der Waals surface area contributed by atoms with Crippen LogP contribution in [0.5, 0.6) is 0 Å². The Labute approximate surface area is 130 Å². The third-order valence-corrected chi connectivity index (χ3v) is 2.72. The van der Waals surface area contributed by atoms with Gasteiger partial charge in [0, 0.05) is 37.1 Å². The van der Waals surface area contributed by atoms with Crippen molar-refractivity contribution in [3.05, 3.63) is 30.5 Å². The largest absolute Gasteiger partial charge is 0.405 e. The van der Waals surface area contributed by atoms with Crippen molar-refractivity contribution in [2.24, 2.45) is 0 Å². The van der Waals surface area contributed by atoms with Gasteiger partial charge in [-0.1, -0.05) is 0 Å². The van der Waals surface area contributed by atoms with Crippen molar-refractivity contribution in [2.75, 3.05) is 18.4 Å². The maximum atomic E-state index is 12.0. The van der Waals surface area contributed by atoms with Gasteiger partial charge in [-0.25, -0.2) is 9.97 Å². The number of anilines is 1. The molecule has 7 nitrogen and oxygen atoms in total. The highest BCUT2D eigenvalue weighted by atomic mass is 19.4. The fourth-order valence-electron chi connectivity index (χ4n) is 1.73. The van der Waals surface area contributed by atoms with Crippen LogP contribution in [0.2, 0.25) is 0 Å². The predicted octanol–water partition coefficient (Wildman–Crippen LogP) is 1.45. The van der Waals surface area contributed by atoms with E-state index in [0.29, 0.717) is 17.5 Å². The van der Waals surface area contributed by atoms with Crippen LogP contribution in [-0.4, -0.2) is 44.7 Å². The van der Waals surface area contributed by atoms with Gasteiger partial charge in [0.15, 0.2) is 0 Å². The van der Waals surface area contributed by atoms with E-state index in [-0.39, 0.29) is 13.0 Å². The molecule has 23 heavy (non-hydrogen) atoms. The second-order valence-electron chi connectivity index (χ2n) is 4.73. The second-order valence-corrected chi connectivity index (χ2v) is 4.73. The fourth-order valence-corrected chi connectivity index (χ4v) is 1.73. The number of rotatable bonds is 6. The molecule has 0 bridgehead atoms. The van der Waals surface area contributed by atoms with Gasteiger partial charge in [-0.05, 0) is 6.92 Å². The molecule has 0 aliphatic carbocycles. The zero-order chi connectivity index (χ0) is 16.9. The van der Waals surface area contributed by atoms with Gasteiger partial charge in [-0.2, -0.15) is 18.2 Å². The number of halogens is 3. The molecule has 10 heteroatoms. The zero-order valence-corrected chi connectivity index (χ0v) is 12.3. The number of imidazole rings is 1. The summed E-state index contributed by atoms with van der Waals surface area (Å²) in [6.07, 6.45) is 0.308. The first-order valence-electron chi connectivity index (χ1n) is 6.75. The molecule has 0 unspecified atom stereocenters. The van der Waals surface area contributed by atoms with Crippen LogP contribution < -0.4 is 10.6 Å². The summed E-state index contributed by atoms with van der Waals surface area (Å²) in [6, 6.07) is 1.67. The van der Waals surface area contributed by atoms with Gasteiger partial charge in [-0.15, -0.1) is 0 Å². The highest BCUT2D eigenvalue weighted by Crippen LogP contribution is 2.12. The topological polar surface area (TPSA) is 84.7 Å². The van der Waals surface area contributed by atoms with Crippen LogP contribution in [0.4, 0.5) is 19.0 Å². The zero-order valence-electron chi connectivity index (χ0n) is 12.3. The number of alkyl halides is 3. The molecule has 2 aromatic rings. The van der Waals surface area contributed by atoms with E-state index in [1.54, 1.807) is 41.6 Å². The van der Waals surface area contributed by atoms with E-state index in [0.717, 1.165) is 0 Å². The van der Waals surface area contributed by atoms with Crippen molar-refractivity contribution in [1.29, 1.82) is 0 Å². The van der Waals surface area contributed by atoms with Gasteiger partial charge in [-0.3, -0.25) is 9.36 Å². The maximum Gasteiger partial charge on any atom is 0.405 e. The highest BCUT2D eigenvalue weighted by Gasteiger charge is 2.27. The van der Waals surface area contributed by atoms with Gasteiger partial charge in [0.05, 0.1) is 0 Å². The SMILES string of the molecule is Cc1cc(NCCC(=O)NCC(F)(F)F)nc(-n2ccnc2)n1. The van der Waals surface area contributed by atoms with E-state index in [4.69, 9.17) is 0 Å². The number of aryl methyl sites for hydroxylation is 1. The summed E-state index contributed by atoms with van der Waals surface area (Å²) in [5.74, 6) is 0.201. The molecule has 0 atom stereocenters. The summed E-state index contributed by atoms with van der Waals surface area (Å²) in [6.45, 7) is 0.607. The van der Waals surface area contributed by atoms with Crippen molar-refractivity contribution in [3.63, 3.8) is 0 Å². The maximum absolute atomic E-state index is 12.0. The molecule has 0 fully saturated rings. The van der Waals surface area contributed by atoms with Crippen molar-refractivity contribution >= 4 is 11.7 Å². The summed E-state index contributed by atoms with van der Waals surface area (Å²) in [7, 11) is 0. The second kappa shape index (κ2) is 7.07. The Hall–Kier alpha value is -2.65. The first-order valence-corrected chi connectivity index (χ1v) is 6.75. The monoisotopic (exact) mass is 328 g/mol. The van der Waals surface area contributed by atoms with Crippen molar-refractivity contribution in [2.45, 2.75) is 19.5 Å². The van der Waals surface area contributed by atoms with E-state index in [9.17, 15) is 18.0 Å². The number of nitrogens with one attached hydrogen (secondary N) is 2. The molecule has 124 valence electrons. The average molecular weight is 328 g/mol. The van der Waals surface area contributed by atoms with Crippen LogP contribution in [0.25, 0.3) is 5.95 Å². The van der Waals surface area contributed by atoms with Crippen LogP contribution in [0.3, 0.4) is 0 Å². The predicted molar refractivity (Wildman–Crippen MR) is 76.1 cm³/mol. The molecule has 2 rings (SSSR count). The lowest BCUT2D eigenvalue weighted by Gasteiger charge is -2.10. The third-order valence-electron chi connectivity index (χ3n) is 2.72. The summed E-state index contributed by atoms with van der Waals surface area (Å²) in [5, 5.41) is 4.69. The van der Waals surface area contributed by atoms with E-state index in [1.807, 2.05) is 0 Å². The van der Waals surface area contributed by atoms with Gasteiger partial charge in [0.2, 0.25) is 11.9 Å². The molecule has 0 saturated heterocycles. The lowest BCUT2D eigenvalue weighted by Crippen LogP contribution is -2.34. The minimum atomic E-state index is -4.41. The summed E-state index contributed by atoms with van der Waals surface area (Å²) < 4.78 is 37.5. The molecular weight excluding hydrogens is 313 g/mol. The Morgan fingerprint density at radius 2 is 2.13 bits per heavy atom. The van der Waals surface area contributed by atoms with Crippen molar-refractivity contribution in [1.82, 2.24) is 24.8 Å². The number of carbonyl (C=O) groups excluding carboxylic acids is 1. The van der Waals surface area contributed by atoms with Gasteiger partial charge in [0.25, 0.3) is 0 Å². The Morgan fingerprint density at radius 3 is 2.78 bits per heavy atom. The first-order chi connectivity index (χ1) is 10.8. The Balaban J connectivity index is 1.87. The van der Waals surface area contributed by atoms with Crippen molar-refractivity contribution in [3.8, 4) is 5.95 Å². The standard InChI is InChI=1S/C13H15F3N6O/c1-9-6-10(21-12(20-9)22-5-4-17-8-22)18-3-2-11(23)19-7-13(14,15)16/h4-6,8H,2-3,7H2,1H3,(H,19,23)(H,18,20,21). The third kappa shape index (κ3) is 5.57. The average Bonchev–Trinajstić information content (AvgIpc) is 2.98. The van der Waals surface area contributed by atoms with Gasteiger partial charge in [0.1, 0.15) is 18.7 Å². The molecule has 0 aliphatic rings. The summed E-state index contributed by atoms with van der Waals surface area (Å²) in [5.41, 5.74) is 0.702. The smallest absolute Gasteiger partial charge is 0.369 e. The van der Waals surface area contributed by atoms with E-state index >= 15 is 0 Å². The molecule has 0 spiro atoms. The number of hydrogen-bond donors (Lipinski definition) is 2. The van der Waals surface area contributed by atoms with Gasteiger partial charge >= 0.3 is 6.18 Å². The molecule has 2 aromatic heterocycles. The molecule has 0 radical (unpaired) electrons. The quantitative estimate of drug-likeness (QED) is 0.838. The van der Waals surface area contributed by atoms with Gasteiger partial charge < -0.3 is 10.6 Å². The molecule has 1 amide bonds. The summed E-state index contributed by atoms with van der Waals surface area (Å²) >= 11 is 0. The molecule has 0 aromatic carbocycles. The van der Waals surface area contributed by atoms with Crippen LogP contribution in [0.1, 0.15) is 12.1 Å². The molecule has 0 saturated carbocycles. The van der Waals surface area contributed by atoms with E-state index in [2.05, 4.69) is 20.3 Å². The number of aromatic nitrogens is 4. The number of hydrogen-bond acceptors (Lipinski definition) is 5. The number of carbonyl (C=O) groups is 1. The lowest BCUT2D eigenvalue weighted by atomic mass is 10.3. The lowest BCUT2D eigenvalue weighted by molar-refractivity contribution is -0.138. The Bertz CT molecular complexity index is 656. The minimum Gasteiger partial charge on any atom is -0.369 e. The molecule has 0 aliphatic heterocycles. The van der Waals surface area contributed by atoms with E-state index in [1.165, 1.54) is 0 Å². The van der Waals surface area contributed by atoms with Crippen LogP contribution >= 0.6 is 0 Å². The van der Waals surface area contributed by atoms with Crippen LogP contribution in [0.15, 0.2) is 24.8 Å². The fraction of sp³-hybridized carbons (Fsp3) is 0.385. The highest BCUT2D eigenvalue weighted by molar-refractivity contribution is 5.76. The normalized spacial score (nSPS) is 11.3. The minimum absolute atomic E-state index is 0.0977. The van der Waals surface area contributed by atoms with Crippen molar-refractivity contribution < 1.29 is 18.0 Å². The Kier molecular flexibility index (Phi) is 5.14. The molecule has 2 heterocycles. The number of nitrogens with zero attached hydrogens (tertiary/aromatic N) is 4.